The minimum atomic E-state index is 0.750. The van der Waals surface area contributed by atoms with Crippen molar-refractivity contribution in [2.75, 3.05) is 23.3 Å². The molecule has 0 saturated heterocycles. The average molecular weight is 557 g/mol. The van der Waals surface area contributed by atoms with Crippen LogP contribution in [-0.2, 0) is 0 Å². The van der Waals surface area contributed by atoms with E-state index < -0.39 is 0 Å². The molecular formula is C37H56N4. The Morgan fingerprint density at radius 2 is 1.76 bits per heavy atom. The molecule has 41 heavy (non-hydrogen) atoms. The molecule has 0 fully saturated rings. The summed E-state index contributed by atoms with van der Waals surface area (Å²) < 4.78 is 0. The van der Waals surface area contributed by atoms with E-state index in [2.05, 4.69) is 106 Å². The van der Waals surface area contributed by atoms with E-state index in [1.807, 2.05) is 39.2 Å². The molecule has 0 aliphatic rings. The zero-order valence-electron chi connectivity index (χ0n) is 27.5. The summed E-state index contributed by atoms with van der Waals surface area (Å²) in [7, 11) is 0. The van der Waals surface area contributed by atoms with Crippen LogP contribution in [0.5, 0.6) is 0 Å². The van der Waals surface area contributed by atoms with Crippen LogP contribution in [0.3, 0.4) is 0 Å². The van der Waals surface area contributed by atoms with Crippen LogP contribution >= 0.6 is 0 Å². The normalized spacial score (nSPS) is 12.8. The molecule has 4 nitrogen and oxygen atoms in total. The van der Waals surface area contributed by atoms with Crippen molar-refractivity contribution in [3.63, 3.8) is 0 Å². The van der Waals surface area contributed by atoms with Crippen LogP contribution in [0.1, 0.15) is 98.8 Å². The predicted octanol–water partition coefficient (Wildman–Crippen LogP) is 10.7. The number of hydrogen-bond donors (Lipinski definition) is 1. The topological polar surface area (TPSA) is 41.0 Å². The predicted molar refractivity (Wildman–Crippen MR) is 183 cm³/mol. The van der Waals surface area contributed by atoms with Crippen LogP contribution in [0.25, 0.3) is 5.57 Å². The summed E-state index contributed by atoms with van der Waals surface area (Å²) in [5.74, 6) is 1.63. The third kappa shape index (κ3) is 14.2. The molecule has 0 radical (unpaired) electrons. The first-order chi connectivity index (χ1) is 19.5. The van der Waals surface area contributed by atoms with Crippen molar-refractivity contribution < 1.29 is 0 Å². The van der Waals surface area contributed by atoms with Crippen LogP contribution in [0.2, 0.25) is 0 Å². The Balaban J connectivity index is 0.00000196. The van der Waals surface area contributed by atoms with Crippen LogP contribution < -0.4 is 10.2 Å². The highest BCUT2D eigenvalue weighted by atomic mass is 15.1. The molecule has 0 aromatic carbocycles. The maximum atomic E-state index is 4.77. The van der Waals surface area contributed by atoms with Crippen molar-refractivity contribution in [2.24, 2.45) is 5.92 Å². The van der Waals surface area contributed by atoms with Gasteiger partial charge in [-0.1, -0.05) is 64.5 Å². The van der Waals surface area contributed by atoms with Crippen molar-refractivity contribution in [2.45, 2.75) is 94.4 Å². The molecule has 2 rings (SSSR count). The van der Waals surface area contributed by atoms with E-state index in [1.165, 1.54) is 29.7 Å². The Bertz CT molecular complexity index is 1160. The number of nitrogens with one attached hydrogen (secondary N) is 1. The molecule has 0 aliphatic carbocycles. The van der Waals surface area contributed by atoms with Crippen LogP contribution in [-0.4, -0.2) is 23.1 Å². The van der Waals surface area contributed by atoms with Gasteiger partial charge in [0.25, 0.3) is 0 Å². The monoisotopic (exact) mass is 556 g/mol. The maximum Gasteiger partial charge on any atom is 0.130 e. The second-order valence-electron chi connectivity index (χ2n) is 11.2. The molecule has 2 heterocycles. The molecular weight excluding hydrogens is 500 g/mol. The minimum absolute atomic E-state index is 0.750. The van der Waals surface area contributed by atoms with Crippen LogP contribution in [0.4, 0.5) is 11.5 Å². The number of allylic oxidation sites excluding steroid dienone is 7. The van der Waals surface area contributed by atoms with Gasteiger partial charge in [-0.2, -0.15) is 0 Å². The lowest BCUT2D eigenvalue weighted by Gasteiger charge is -2.25. The molecule has 0 bridgehead atoms. The van der Waals surface area contributed by atoms with Crippen LogP contribution in [0.15, 0.2) is 90.5 Å². The van der Waals surface area contributed by atoms with E-state index in [4.69, 9.17) is 4.98 Å². The first kappa shape index (κ1) is 35.6. The molecule has 4 heteroatoms. The largest absolute Gasteiger partial charge is 0.370 e. The number of rotatable bonds is 15. The van der Waals surface area contributed by atoms with Crippen molar-refractivity contribution in [1.82, 2.24) is 9.97 Å². The van der Waals surface area contributed by atoms with Gasteiger partial charge in [-0.25, -0.2) is 4.98 Å². The molecule has 1 N–H and O–H groups in total. The molecule has 2 aromatic rings. The Hall–Kier alpha value is -3.40. The molecule has 2 aromatic heterocycles. The van der Waals surface area contributed by atoms with Gasteiger partial charge >= 0.3 is 0 Å². The molecule has 0 spiro atoms. The SMILES string of the molecule is C=C(/C(C)=C\C(=C/C)CC(=CCC)Nc1ccc(N(CCC)CCC(C)CC)cn1)c1ccnc(C)c1.C=C(C)C. The fraction of sp³-hybridized carbons (Fsp3) is 0.459. The van der Waals surface area contributed by atoms with E-state index in [1.54, 1.807) is 0 Å². The van der Waals surface area contributed by atoms with Gasteiger partial charge in [-0.3, -0.25) is 4.98 Å². The fourth-order valence-electron chi connectivity index (χ4n) is 4.23. The van der Waals surface area contributed by atoms with E-state index >= 15 is 0 Å². The summed E-state index contributed by atoms with van der Waals surface area (Å²) in [6, 6.07) is 8.41. The Morgan fingerprint density at radius 1 is 1.05 bits per heavy atom. The van der Waals surface area contributed by atoms with Crippen molar-refractivity contribution in [1.29, 1.82) is 0 Å². The van der Waals surface area contributed by atoms with Crippen LogP contribution in [0, 0.1) is 12.8 Å². The quantitative estimate of drug-likeness (QED) is 0.175. The number of hydrogen-bond acceptors (Lipinski definition) is 4. The molecule has 0 saturated carbocycles. The van der Waals surface area contributed by atoms with Crippen molar-refractivity contribution in [3.8, 4) is 0 Å². The van der Waals surface area contributed by atoms with E-state index in [-0.39, 0.29) is 0 Å². The maximum absolute atomic E-state index is 4.77. The summed E-state index contributed by atoms with van der Waals surface area (Å²) >= 11 is 0. The zero-order chi connectivity index (χ0) is 30.8. The number of nitrogens with zero attached hydrogens (tertiary/aromatic N) is 3. The molecule has 0 amide bonds. The van der Waals surface area contributed by atoms with E-state index in [0.29, 0.717) is 0 Å². The Morgan fingerprint density at radius 3 is 2.29 bits per heavy atom. The Kier molecular flexibility index (Phi) is 17.1. The lowest BCUT2D eigenvalue weighted by atomic mass is 9.97. The summed E-state index contributed by atoms with van der Waals surface area (Å²) in [5.41, 5.74) is 9.08. The first-order valence-electron chi connectivity index (χ1n) is 15.3. The highest BCUT2D eigenvalue weighted by Crippen LogP contribution is 2.25. The van der Waals surface area contributed by atoms with Gasteiger partial charge < -0.3 is 10.2 Å². The second-order valence-corrected chi connectivity index (χ2v) is 11.2. The van der Waals surface area contributed by atoms with Gasteiger partial charge in [-0.05, 0) is 106 Å². The highest BCUT2D eigenvalue weighted by Gasteiger charge is 2.10. The van der Waals surface area contributed by atoms with E-state index in [9.17, 15) is 0 Å². The molecule has 1 unspecified atom stereocenters. The number of aromatic nitrogens is 2. The summed E-state index contributed by atoms with van der Waals surface area (Å²) in [6.07, 6.45) is 15.9. The minimum Gasteiger partial charge on any atom is -0.370 e. The third-order valence-corrected chi connectivity index (χ3v) is 6.82. The van der Waals surface area contributed by atoms with E-state index in [0.717, 1.165) is 72.2 Å². The third-order valence-electron chi connectivity index (χ3n) is 6.82. The van der Waals surface area contributed by atoms with Gasteiger partial charge in [0.05, 0.1) is 11.9 Å². The lowest BCUT2D eigenvalue weighted by Crippen LogP contribution is -2.26. The fourth-order valence-corrected chi connectivity index (χ4v) is 4.23. The summed E-state index contributed by atoms with van der Waals surface area (Å²) in [5, 5.41) is 3.57. The average Bonchev–Trinajstić information content (AvgIpc) is 2.94. The van der Waals surface area contributed by atoms with Crippen molar-refractivity contribution in [3.05, 3.63) is 102 Å². The number of anilines is 2. The van der Waals surface area contributed by atoms with Gasteiger partial charge in [0.1, 0.15) is 5.82 Å². The Labute approximate surface area is 252 Å². The van der Waals surface area contributed by atoms with Gasteiger partial charge in [0, 0.05) is 37.1 Å². The first-order valence-corrected chi connectivity index (χ1v) is 15.3. The summed E-state index contributed by atoms with van der Waals surface area (Å²) in [6.45, 7) is 29.2. The number of pyridine rings is 2. The van der Waals surface area contributed by atoms with Gasteiger partial charge in [0.15, 0.2) is 0 Å². The summed E-state index contributed by atoms with van der Waals surface area (Å²) in [4.78, 5) is 11.5. The lowest BCUT2D eigenvalue weighted by molar-refractivity contribution is 0.510. The second kappa shape index (κ2) is 19.6. The van der Waals surface area contributed by atoms with Gasteiger partial charge in [-0.15, -0.1) is 6.58 Å². The highest BCUT2D eigenvalue weighted by molar-refractivity contribution is 5.77. The molecule has 224 valence electrons. The zero-order valence-corrected chi connectivity index (χ0v) is 27.5. The van der Waals surface area contributed by atoms with Gasteiger partial charge in [0.2, 0.25) is 0 Å². The number of aryl methyl sites for hydroxylation is 1. The standard InChI is InChI=1S/C33H48N4.C4H8/c1-9-13-31(23-29(12-4)21-26(6)28(8)30-16-18-34-27(7)22-30)36-33-15-14-32(24-35-33)37(19-10-2)20-17-25(5)11-3;1-4(2)3/h12-16,18,21-22,24-25H,8-11,17,19-20,23H2,1-7H3,(H,35,36);1H2,2-3H3/b26-21-,29-12+,31-13?;. The van der Waals surface area contributed by atoms with Crippen molar-refractivity contribution >= 4 is 17.1 Å². The molecule has 1 atom stereocenters. The smallest absolute Gasteiger partial charge is 0.130 e. The molecule has 0 aliphatic heterocycles.